The van der Waals surface area contributed by atoms with Gasteiger partial charge in [-0.05, 0) is 92.7 Å². The molecule has 57 heavy (non-hydrogen) atoms. The number of nitrogens with zero attached hydrogens (tertiary/aromatic N) is 3. The molecule has 1 saturated heterocycles. The van der Waals surface area contributed by atoms with Crippen molar-refractivity contribution in [1.29, 1.82) is 0 Å². The molecule has 4 aliphatic rings. The number of allylic oxidation sites excluding steroid dienone is 1. The average Bonchev–Trinajstić information content (AvgIpc) is 3.23. The molecule has 12 nitrogen and oxygen atoms in total. The monoisotopic (exact) mass is 803 g/mol. The second-order valence-corrected chi connectivity index (χ2v) is 17.5. The Kier molecular flexibility index (Phi) is 13.3. The van der Waals surface area contributed by atoms with E-state index >= 15 is 8.42 Å². The maximum atomic E-state index is 15.4. The predicted molar refractivity (Wildman–Crippen MR) is 217 cm³/mol. The number of oxime groups is 1. The minimum Gasteiger partial charge on any atom is -0.508 e. The number of ether oxygens (including phenoxy) is 3. The number of rotatable bonds is 18. The van der Waals surface area contributed by atoms with Gasteiger partial charge in [-0.25, -0.2) is 8.42 Å². The average molecular weight is 804 g/mol. The van der Waals surface area contributed by atoms with Crippen LogP contribution in [0.5, 0.6) is 11.5 Å². The Morgan fingerprint density at radius 1 is 1.07 bits per heavy atom. The second kappa shape index (κ2) is 18.4. The Morgan fingerprint density at radius 3 is 2.63 bits per heavy atom. The van der Waals surface area contributed by atoms with Crippen molar-refractivity contribution in [3.8, 4) is 11.5 Å². The van der Waals surface area contributed by atoms with E-state index in [1.807, 2.05) is 19.1 Å². The van der Waals surface area contributed by atoms with E-state index in [2.05, 4.69) is 17.6 Å². The van der Waals surface area contributed by atoms with E-state index in [4.69, 9.17) is 24.2 Å². The number of phenols is 1. The number of aliphatic hydroxyl groups is 2. The van der Waals surface area contributed by atoms with E-state index in [-0.39, 0.29) is 61.2 Å². The summed E-state index contributed by atoms with van der Waals surface area (Å²) in [7, 11) is -4.27. The van der Waals surface area contributed by atoms with Gasteiger partial charge in [-0.3, -0.25) is 4.98 Å². The topological polar surface area (TPSA) is 160 Å². The number of unbranched alkanes of at least 4 members (excludes halogenated alkanes) is 2. The Balaban J connectivity index is 1.48. The highest BCUT2D eigenvalue weighted by Gasteiger charge is 2.66. The molecule has 2 fully saturated rings. The smallest absolute Gasteiger partial charge is 0.245 e. The molecular formula is C44H57N3O9S. The minimum atomic E-state index is -4.27. The molecule has 13 heteroatoms. The molecular weight excluding hydrogens is 747 g/mol. The van der Waals surface area contributed by atoms with Gasteiger partial charge in [0.15, 0.2) is 0 Å². The number of pyridine rings is 1. The van der Waals surface area contributed by atoms with Gasteiger partial charge in [-0.15, -0.1) is 6.58 Å². The zero-order chi connectivity index (χ0) is 40.0. The number of aromatic nitrogens is 1. The molecule has 0 bridgehead atoms. The number of aromatic hydroxyl groups is 1. The highest BCUT2D eigenvalue weighted by Crippen LogP contribution is 2.62. The van der Waals surface area contributed by atoms with Crippen LogP contribution in [-0.4, -0.2) is 89.8 Å². The summed E-state index contributed by atoms with van der Waals surface area (Å²) >= 11 is 0. The number of hydrogen-bond donors (Lipinski definition) is 3. The zero-order valence-electron chi connectivity index (χ0n) is 32.9. The van der Waals surface area contributed by atoms with Crippen molar-refractivity contribution in [2.75, 3.05) is 33.0 Å². The number of fused-ring (bicyclic) bond motifs is 3. The van der Waals surface area contributed by atoms with Crippen molar-refractivity contribution < 1.29 is 42.8 Å². The molecule has 2 aliphatic heterocycles. The Bertz CT molecular complexity index is 2030. The van der Waals surface area contributed by atoms with Gasteiger partial charge in [0.05, 0.1) is 36.4 Å². The lowest BCUT2D eigenvalue weighted by Gasteiger charge is -2.59. The van der Waals surface area contributed by atoms with Gasteiger partial charge >= 0.3 is 0 Å². The van der Waals surface area contributed by atoms with E-state index < -0.39 is 34.1 Å². The first-order valence-corrected chi connectivity index (χ1v) is 22.1. The van der Waals surface area contributed by atoms with E-state index in [1.54, 1.807) is 48.7 Å². The summed E-state index contributed by atoms with van der Waals surface area (Å²) < 4.78 is 52.4. The van der Waals surface area contributed by atoms with Gasteiger partial charge in [0.25, 0.3) is 0 Å². The molecule has 3 aromatic rings. The molecule has 1 saturated carbocycles. The van der Waals surface area contributed by atoms with Crippen LogP contribution in [0.15, 0.2) is 89.1 Å². The number of hydrogen-bond acceptors (Lipinski definition) is 11. The predicted octanol–water partition coefficient (Wildman–Crippen LogP) is 7.20. The number of para-hydroxylation sites is 1. The molecule has 308 valence electrons. The molecule has 1 aromatic heterocycles. The van der Waals surface area contributed by atoms with Gasteiger partial charge in [0.2, 0.25) is 22.1 Å². The van der Waals surface area contributed by atoms with Crippen LogP contribution in [0, 0.1) is 17.8 Å². The summed E-state index contributed by atoms with van der Waals surface area (Å²) in [6.07, 6.45) is 12.6. The van der Waals surface area contributed by atoms with Gasteiger partial charge in [0, 0.05) is 55.7 Å². The van der Waals surface area contributed by atoms with Crippen LogP contribution in [0.2, 0.25) is 0 Å². The summed E-state index contributed by atoms with van der Waals surface area (Å²) in [5.41, 5.74) is 2.64. The summed E-state index contributed by atoms with van der Waals surface area (Å²) in [4.78, 5) is 10.8. The van der Waals surface area contributed by atoms with Crippen molar-refractivity contribution in [2.45, 2.75) is 106 Å². The van der Waals surface area contributed by atoms with Gasteiger partial charge < -0.3 is 34.4 Å². The largest absolute Gasteiger partial charge is 0.508 e. The molecule has 7 unspecified atom stereocenters. The summed E-state index contributed by atoms with van der Waals surface area (Å²) in [6.45, 7) is 6.89. The van der Waals surface area contributed by atoms with Crippen LogP contribution in [0.3, 0.4) is 0 Å². The van der Waals surface area contributed by atoms with Gasteiger partial charge in [-0.1, -0.05) is 55.3 Å². The van der Waals surface area contributed by atoms with E-state index in [0.29, 0.717) is 54.7 Å². The van der Waals surface area contributed by atoms with E-state index in [9.17, 15) is 15.3 Å². The first kappa shape index (κ1) is 41.3. The normalized spacial score (nSPS) is 27.7. The van der Waals surface area contributed by atoms with Crippen molar-refractivity contribution >= 4 is 26.6 Å². The third-order valence-electron chi connectivity index (χ3n) is 12.0. The van der Waals surface area contributed by atoms with Crippen molar-refractivity contribution in [3.63, 3.8) is 0 Å². The van der Waals surface area contributed by atoms with E-state index in [0.717, 1.165) is 49.7 Å². The van der Waals surface area contributed by atoms with Crippen molar-refractivity contribution in [2.24, 2.45) is 22.9 Å². The van der Waals surface area contributed by atoms with E-state index in [1.165, 1.54) is 4.31 Å². The quantitative estimate of drug-likeness (QED) is 0.0682. The van der Waals surface area contributed by atoms with Crippen LogP contribution < -0.4 is 4.74 Å². The first-order chi connectivity index (χ1) is 27.8. The fourth-order valence-corrected chi connectivity index (χ4v) is 11.5. The van der Waals surface area contributed by atoms with Gasteiger partial charge in [-0.2, -0.15) is 4.31 Å². The lowest BCUT2D eigenvalue weighted by molar-refractivity contribution is -0.251. The van der Waals surface area contributed by atoms with Crippen LogP contribution in [0.4, 0.5) is 0 Å². The molecule has 0 radical (unpaired) electrons. The molecule has 0 amide bonds. The standard InChI is InChI=1S/C44H57N3O9S/c1-3-22-47(57(51,52)38-17-11-14-30-15-12-21-45-43(30)38)39-29-36(46-56-40-18-7-10-26-53-40)34-27-31(13-5-8-23-48)33(16-6-9-24-49)41-35-28-32(50)19-20-37(35)55-44(39,42(34)41)54-25-4-2/h4,11-12,14-15,17,19-21,27-28,31,33,39-42,48-50H,2-3,5-10,13,16,18,22-26,29H2,1H3. The fraction of sp³-hybridized carbons (Fsp3) is 0.545. The molecule has 0 spiro atoms. The third-order valence-corrected chi connectivity index (χ3v) is 14.0. The first-order valence-electron chi connectivity index (χ1n) is 20.7. The number of phenolic OH excluding ortho intramolecular Hbond substituents is 1. The molecule has 2 aliphatic carbocycles. The number of sulfonamides is 1. The maximum absolute atomic E-state index is 15.4. The SMILES string of the molecule is C=CCOC12Oc3ccc(O)cc3C3C(CCCCO)C(CCCCO)C=C(C(=NOC4CCCCO4)CC1N(CCC)S(=O)(=O)c1cccc4cccnc14)C32. The summed E-state index contributed by atoms with van der Waals surface area (Å²) in [6, 6.07) is 13.0. The lowest BCUT2D eigenvalue weighted by Crippen LogP contribution is -2.70. The molecule has 2 aromatic carbocycles. The highest BCUT2D eigenvalue weighted by molar-refractivity contribution is 7.89. The Morgan fingerprint density at radius 2 is 1.88 bits per heavy atom. The number of aliphatic hydroxyl groups excluding tert-OH is 2. The second-order valence-electron chi connectivity index (χ2n) is 15.6. The van der Waals surface area contributed by atoms with Crippen LogP contribution in [0.1, 0.15) is 89.0 Å². The maximum Gasteiger partial charge on any atom is 0.245 e. The summed E-state index contributed by atoms with van der Waals surface area (Å²) in [5.74, 6) is -1.85. The molecule has 7 atom stereocenters. The van der Waals surface area contributed by atoms with Crippen molar-refractivity contribution in [3.05, 3.63) is 84.6 Å². The molecule has 3 N–H and O–H groups in total. The third kappa shape index (κ3) is 8.24. The summed E-state index contributed by atoms with van der Waals surface area (Å²) in [5, 5.41) is 36.3. The van der Waals surface area contributed by atoms with Gasteiger partial charge in [0.1, 0.15) is 16.4 Å². The Labute approximate surface area is 336 Å². The number of benzene rings is 2. The van der Waals surface area contributed by atoms with Crippen LogP contribution in [0.25, 0.3) is 10.9 Å². The molecule has 3 heterocycles. The lowest BCUT2D eigenvalue weighted by atomic mass is 9.55. The zero-order valence-corrected chi connectivity index (χ0v) is 33.7. The Hall–Kier alpha value is -3.85. The minimum absolute atomic E-state index is 0.0127. The van der Waals surface area contributed by atoms with Crippen LogP contribution >= 0.6 is 0 Å². The van der Waals surface area contributed by atoms with Crippen molar-refractivity contribution in [1.82, 2.24) is 9.29 Å². The highest BCUT2D eigenvalue weighted by atomic mass is 32.2. The fourth-order valence-electron chi connectivity index (χ4n) is 9.62. The van der Waals surface area contributed by atoms with Crippen LogP contribution in [-0.2, 0) is 24.3 Å². The molecule has 7 rings (SSSR count).